The first-order chi connectivity index (χ1) is 7.99. The van der Waals surface area contributed by atoms with Crippen molar-refractivity contribution in [1.29, 1.82) is 0 Å². The normalized spacial score (nSPS) is 11.9. The average molecular weight is 373 g/mol. The van der Waals surface area contributed by atoms with Gasteiger partial charge in [0.25, 0.3) is 10.0 Å². The zero-order valence-electron chi connectivity index (χ0n) is 8.31. The molecular weight excluding hydrogens is 366 g/mol. The summed E-state index contributed by atoms with van der Waals surface area (Å²) in [6.45, 7) is 0.254. The van der Waals surface area contributed by atoms with Crippen LogP contribution < -0.4 is 4.72 Å². The predicted octanol–water partition coefficient (Wildman–Crippen LogP) is 3.70. The van der Waals surface area contributed by atoms with Crippen LogP contribution in [0.5, 0.6) is 0 Å². The van der Waals surface area contributed by atoms with Crippen molar-refractivity contribution in [1.82, 2.24) is 4.72 Å². The largest absolute Gasteiger partial charge is 0.251 e. The number of nitrogens with one attached hydrogen (secondary N) is 1. The summed E-state index contributed by atoms with van der Waals surface area (Å²) in [4.78, 5) is 0.881. The second kappa shape index (κ2) is 5.38. The van der Waals surface area contributed by atoms with E-state index in [1.54, 1.807) is 23.6 Å². The third-order valence-electron chi connectivity index (χ3n) is 1.89. The zero-order valence-corrected chi connectivity index (χ0v) is 13.1. The van der Waals surface area contributed by atoms with E-state index >= 15 is 0 Å². The number of hydrogen-bond donors (Lipinski definition) is 1. The molecule has 0 spiro atoms. The third kappa shape index (κ3) is 3.30. The van der Waals surface area contributed by atoms with Crippen LogP contribution in [0, 0.1) is 0 Å². The molecule has 0 aliphatic rings. The Hall–Kier alpha value is 0.0800. The zero-order chi connectivity index (χ0) is 12.5. The first-order valence-electron chi connectivity index (χ1n) is 4.46. The summed E-state index contributed by atoms with van der Waals surface area (Å²) in [5, 5.41) is 1.72. The van der Waals surface area contributed by atoms with E-state index in [4.69, 9.17) is 11.6 Å². The van der Waals surface area contributed by atoms with E-state index in [0.717, 1.165) is 4.88 Å². The molecule has 0 radical (unpaired) electrons. The van der Waals surface area contributed by atoms with Crippen LogP contribution >= 0.6 is 50.2 Å². The van der Waals surface area contributed by atoms with Crippen molar-refractivity contribution in [2.75, 3.05) is 0 Å². The van der Waals surface area contributed by atoms with Crippen LogP contribution in [-0.2, 0) is 16.6 Å². The van der Waals surface area contributed by atoms with Crippen molar-refractivity contribution in [3.63, 3.8) is 0 Å². The third-order valence-corrected chi connectivity index (χ3v) is 7.20. The van der Waals surface area contributed by atoms with Gasteiger partial charge in [0.15, 0.2) is 0 Å². The molecule has 0 atom stereocenters. The molecule has 8 heteroatoms. The van der Waals surface area contributed by atoms with E-state index in [1.165, 1.54) is 22.7 Å². The summed E-state index contributed by atoms with van der Waals surface area (Å²) >= 11 is 11.5. The summed E-state index contributed by atoms with van der Waals surface area (Å²) in [5.41, 5.74) is 0. The lowest BCUT2D eigenvalue weighted by atomic mass is 10.5. The minimum Gasteiger partial charge on any atom is -0.206 e. The lowest BCUT2D eigenvalue weighted by Crippen LogP contribution is -2.22. The van der Waals surface area contributed by atoms with E-state index in [-0.39, 0.29) is 6.54 Å². The van der Waals surface area contributed by atoms with Gasteiger partial charge in [-0.1, -0.05) is 11.6 Å². The van der Waals surface area contributed by atoms with E-state index in [2.05, 4.69) is 20.7 Å². The smallest absolute Gasteiger partial charge is 0.206 e. The van der Waals surface area contributed by atoms with Gasteiger partial charge >= 0.3 is 0 Å². The number of halogens is 2. The van der Waals surface area contributed by atoms with Crippen molar-refractivity contribution in [2.24, 2.45) is 0 Å². The van der Waals surface area contributed by atoms with Gasteiger partial charge in [0, 0.05) is 15.9 Å². The highest BCUT2D eigenvalue weighted by atomic mass is 79.9. The average Bonchev–Trinajstić information content (AvgIpc) is 2.85. The van der Waals surface area contributed by atoms with Gasteiger partial charge in [-0.05, 0) is 39.5 Å². The molecule has 17 heavy (non-hydrogen) atoms. The molecule has 0 fully saturated rings. The lowest BCUT2D eigenvalue weighted by Gasteiger charge is -2.03. The molecule has 2 aromatic rings. The van der Waals surface area contributed by atoms with E-state index in [0.29, 0.717) is 13.0 Å². The predicted molar refractivity (Wildman–Crippen MR) is 75.4 cm³/mol. The monoisotopic (exact) mass is 371 g/mol. The molecular formula is C9H7BrClNO2S3. The number of thiophene rings is 2. The SMILES string of the molecule is O=S(=O)(NCc1ccc(Cl)s1)c1sccc1Br. The van der Waals surface area contributed by atoms with Gasteiger partial charge in [0.05, 0.1) is 4.34 Å². The Morgan fingerprint density at radius 2 is 2.12 bits per heavy atom. The summed E-state index contributed by atoms with van der Waals surface area (Å²) in [6, 6.07) is 5.26. The molecule has 0 aliphatic carbocycles. The van der Waals surface area contributed by atoms with Crippen LogP contribution in [0.25, 0.3) is 0 Å². The van der Waals surface area contributed by atoms with Crippen LogP contribution in [0.3, 0.4) is 0 Å². The number of rotatable bonds is 4. The molecule has 3 nitrogen and oxygen atoms in total. The fourth-order valence-corrected chi connectivity index (χ4v) is 5.66. The van der Waals surface area contributed by atoms with Crippen molar-refractivity contribution in [3.8, 4) is 0 Å². The highest BCUT2D eigenvalue weighted by molar-refractivity contribution is 9.10. The molecule has 92 valence electrons. The molecule has 2 rings (SSSR count). The van der Waals surface area contributed by atoms with Crippen molar-refractivity contribution >= 4 is 60.2 Å². The van der Waals surface area contributed by atoms with Crippen molar-refractivity contribution in [3.05, 3.63) is 37.3 Å². The van der Waals surface area contributed by atoms with Gasteiger partial charge in [-0.2, -0.15) is 0 Å². The molecule has 0 saturated heterocycles. The van der Waals surface area contributed by atoms with Crippen LogP contribution in [0.4, 0.5) is 0 Å². The maximum Gasteiger partial charge on any atom is 0.251 e. The minimum atomic E-state index is -3.45. The maximum atomic E-state index is 11.9. The summed E-state index contributed by atoms with van der Waals surface area (Å²) in [7, 11) is -3.45. The van der Waals surface area contributed by atoms with Gasteiger partial charge in [-0.25, -0.2) is 13.1 Å². The Balaban J connectivity index is 2.11. The first-order valence-corrected chi connectivity index (χ1v) is 8.81. The molecule has 0 amide bonds. The molecule has 2 aromatic heterocycles. The van der Waals surface area contributed by atoms with Crippen LogP contribution in [0.1, 0.15) is 4.88 Å². The Kier molecular flexibility index (Phi) is 4.27. The van der Waals surface area contributed by atoms with Gasteiger partial charge in [0.1, 0.15) is 4.21 Å². The van der Waals surface area contributed by atoms with Gasteiger partial charge in [-0.3, -0.25) is 0 Å². The summed E-state index contributed by atoms with van der Waals surface area (Å²) < 4.78 is 27.9. The molecule has 1 N–H and O–H groups in total. The Morgan fingerprint density at radius 1 is 1.35 bits per heavy atom. The molecule has 0 unspecified atom stereocenters. The van der Waals surface area contributed by atoms with Gasteiger partial charge in [-0.15, -0.1) is 22.7 Å². The Morgan fingerprint density at radius 3 is 2.65 bits per heavy atom. The highest BCUT2D eigenvalue weighted by Gasteiger charge is 2.18. The van der Waals surface area contributed by atoms with E-state index in [1.807, 2.05) is 0 Å². The quantitative estimate of drug-likeness (QED) is 0.889. The number of hydrogen-bond acceptors (Lipinski definition) is 4. The molecule has 0 bridgehead atoms. The Bertz CT molecular complexity index is 620. The van der Waals surface area contributed by atoms with Gasteiger partial charge in [0.2, 0.25) is 0 Å². The minimum absolute atomic E-state index is 0.254. The molecule has 0 aliphatic heterocycles. The van der Waals surface area contributed by atoms with Crippen molar-refractivity contribution in [2.45, 2.75) is 10.8 Å². The topological polar surface area (TPSA) is 46.2 Å². The fraction of sp³-hybridized carbons (Fsp3) is 0.111. The lowest BCUT2D eigenvalue weighted by molar-refractivity contribution is 0.583. The fourth-order valence-electron chi connectivity index (χ4n) is 1.15. The molecule has 0 aromatic carbocycles. The van der Waals surface area contributed by atoms with E-state index in [9.17, 15) is 8.42 Å². The van der Waals surface area contributed by atoms with Crippen LogP contribution in [-0.4, -0.2) is 8.42 Å². The van der Waals surface area contributed by atoms with Crippen LogP contribution in [0.2, 0.25) is 4.34 Å². The summed E-state index contributed by atoms with van der Waals surface area (Å²) in [6.07, 6.45) is 0. The van der Waals surface area contributed by atoms with Crippen LogP contribution in [0.15, 0.2) is 32.3 Å². The standard InChI is InChI=1S/C9H7BrClNO2S3/c10-7-3-4-15-9(7)17(13,14)12-5-6-1-2-8(11)16-6/h1-4,12H,5H2. The van der Waals surface area contributed by atoms with Gasteiger partial charge < -0.3 is 0 Å². The van der Waals surface area contributed by atoms with Crippen molar-refractivity contribution < 1.29 is 8.42 Å². The summed E-state index contributed by atoms with van der Waals surface area (Å²) in [5.74, 6) is 0. The molecule has 2 heterocycles. The highest BCUT2D eigenvalue weighted by Crippen LogP contribution is 2.28. The second-order valence-electron chi connectivity index (χ2n) is 3.09. The first kappa shape index (κ1) is 13.5. The number of sulfonamides is 1. The Labute approximate surface area is 121 Å². The second-order valence-corrected chi connectivity index (χ2v) is 8.62. The maximum absolute atomic E-state index is 11.9. The van der Waals surface area contributed by atoms with E-state index < -0.39 is 10.0 Å². The molecule has 0 saturated carbocycles.